The molecule has 0 bridgehead atoms. The number of para-hydroxylation sites is 1. The maximum Gasteiger partial charge on any atom is 0.0705 e. The molecule has 1 fully saturated rings. The normalized spacial score (nSPS) is 21.3. The Balaban J connectivity index is 1.90. The van der Waals surface area contributed by atoms with Gasteiger partial charge in [0.2, 0.25) is 0 Å². The molecule has 1 aromatic heterocycles. The maximum absolute atomic E-state index is 4.42. The fraction of sp³-hybridized carbons (Fsp3) is 0.400. The van der Waals surface area contributed by atoms with Crippen LogP contribution in [0.25, 0.3) is 10.9 Å². The van der Waals surface area contributed by atoms with E-state index in [9.17, 15) is 0 Å². The Hall–Kier alpha value is -1.45. The van der Waals surface area contributed by atoms with Crippen LogP contribution >= 0.6 is 0 Å². The predicted molar refractivity (Wildman–Crippen MR) is 74.5 cm³/mol. The van der Waals surface area contributed by atoms with Gasteiger partial charge in [-0.15, -0.1) is 0 Å². The molecule has 0 spiro atoms. The maximum atomic E-state index is 4.42. The Morgan fingerprint density at radius 1 is 1.33 bits per heavy atom. The average Bonchev–Trinajstić information content (AvgIpc) is 2.42. The van der Waals surface area contributed by atoms with E-state index < -0.39 is 0 Å². The number of benzene rings is 1. The van der Waals surface area contributed by atoms with Crippen molar-refractivity contribution in [3.63, 3.8) is 0 Å². The highest BCUT2D eigenvalue weighted by molar-refractivity contribution is 5.81. The Labute approximate surface area is 108 Å². The molecule has 3 rings (SSSR count). The number of nitrogens with one attached hydrogen (secondary N) is 1. The number of hydrogen-bond acceptors (Lipinski definition) is 3. The summed E-state index contributed by atoms with van der Waals surface area (Å²) in [7, 11) is 0. The van der Waals surface area contributed by atoms with Crippen molar-refractivity contribution < 1.29 is 0 Å². The molecule has 1 atom stereocenters. The number of nitrogens with zero attached hydrogens (tertiary/aromatic N) is 2. The largest absolute Gasteiger partial charge is 0.314 e. The van der Waals surface area contributed by atoms with E-state index in [4.69, 9.17) is 0 Å². The molecule has 3 heteroatoms. The molecular weight excluding hydrogens is 222 g/mol. The first-order valence-electron chi connectivity index (χ1n) is 6.62. The summed E-state index contributed by atoms with van der Waals surface area (Å²) in [4.78, 5) is 6.96. The molecular formula is C15H19N3. The monoisotopic (exact) mass is 241 g/mol. The van der Waals surface area contributed by atoms with Crippen LogP contribution in [0.1, 0.15) is 12.5 Å². The first-order chi connectivity index (χ1) is 8.84. The van der Waals surface area contributed by atoms with E-state index in [1.807, 2.05) is 12.3 Å². The topological polar surface area (TPSA) is 28.2 Å². The van der Waals surface area contributed by atoms with Crippen molar-refractivity contribution in [3.05, 3.63) is 42.1 Å². The van der Waals surface area contributed by atoms with Crippen LogP contribution in [-0.4, -0.2) is 35.6 Å². The quantitative estimate of drug-likeness (QED) is 0.872. The molecule has 0 radical (unpaired) electrons. The van der Waals surface area contributed by atoms with Gasteiger partial charge in [-0.3, -0.25) is 9.88 Å². The first-order valence-corrected chi connectivity index (χ1v) is 6.62. The molecule has 0 aliphatic carbocycles. The molecule has 1 aliphatic rings. The van der Waals surface area contributed by atoms with Crippen LogP contribution in [-0.2, 0) is 6.54 Å². The number of hydrogen-bond donors (Lipinski definition) is 1. The summed E-state index contributed by atoms with van der Waals surface area (Å²) in [5, 5.41) is 4.72. The van der Waals surface area contributed by atoms with E-state index in [1.165, 1.54) is 10.9 Å². The molecule has 1 aliphatic heterocycles. The fourth-order valence-electron chi connectivity index (χ4n) is 2.63. The first kappa shape index (κ1) is 11.6. The van der Waals surface area contributed by atoms with Gasteiger partial charge >= 0.3 is 0 Å². The number of pyridine rings is 1. The molecule has 18 heavy (non-hydrogen) atoms. The minimum Gasteiger partial charge on any atom is -0.314 e. The van der Waals surface area contributed by atoms with E-state index in [1.54, 1.807) is 0 Å². The van der Waals surface area contributed by atoms with Crippen molar-refractivity contribution in [1.82, 2.24) is 15.2 Å². The summed E-state index contributed by atoms with van der Waals surface area (Å²) in [6.45, 7) is 6.61. The molecule has 2 heterocycles. The van der Waals surface area contributed by atoms with Crippen LogP contribution in [0.2, 0.25) is 0 Å². The Morgan fingerprint density at radius 3 is 3.11 bits per heavy atom. The summed E-state index contributed by atoms with van der Waals surface area (Å²) >= 11 is 0. The van der Waals surface area contributed by atoms with E-state index >= 15 is 0 Å². The molecule has 1 aromatic carbocycles. The second-order valence-electron chi connectivity index (χ2n) is 5.01. The average molecular weight is 241 g/mol. The van der Waals surface area contributed by atoms with Gasteiger partial charge < -0.3 is 5.32 Å². The summed E-state index contributed by atoms with van der Waals surface area (Å²) < 4.78 is 0. The number of aromatic nitrogens is 1. The minimum absolute atomic E-state index is 0.602. The van der Waals surface area contributed by atoms with Gasteiger partial charge in [0.25, 0.3) is 0 Å². The van der Waals surface area contributed by atoms with E-state index in [0.717, 1.165) is 31.7 Å². The van der Waals surface area contributed by atoms with Gasteiger partial charge in [0.05, 0.1) is 5.52 Å². The summed E-state index contributed by atoms with van der Waals surface area (Å²) in [5.41, 5.74) is 2.48. The molecule has 3 nitrogen and oxygen atoms in total. The lowest BCUT2D eigenvalue weighted by Gasteiger charge is -2.34. The van der Waals surface area contributed by atoms with Crippen LogP contribution in [0.4, 0.5) is 0 Å². The van der Waals surface area contributed by atoms with E-state index in [0.29, 0.717) is 6.04 Å². The highest BCUT2D eigenvalue weighted by Crippen LogP contribution is 2.19. The van der Waals surface area contributed by atoms with Crippen molar-refractivity contribution in [3.8, 4) is 0 Å². The van der Waals surface area contributed by atoms with Crippen molar-refractivity contribution in [2.75, 3.05) is 19.6 Å². The van der Waals surface area contributed by atoms with Gasteiger partial charge in [-0.25, -0.2) is 0 Å². The summed E-state index contributed by atoms with van der Waals surface area (Å²) in [6, 6.07) is 11.1. The fourth-order valence-corrected chi connectivity index (χ4v) is 2.63. The summed E-state index contributed by atoms with van der Waals surface area (Å²) in [6.07, 6.45) is 1.92. The number of rotatable bonds is 2. The highest BCUT2D eigenvalue weighted by atomic mass is 15.2. The molecule has 2 aromatic rings. The predicted octanol–water partition coefficient (Wildman–Crippen LogP) is 2.03. The van der Waals surface area contributed by atoms with Gasteiger partial charge in [-0.2, -0.15) is 0 Å². The van der Waals surface area contributed by atoms with E-state index in [-0.39, 0.29) is 0 Å². The van der Waals surface area contributed by atoms with Crippen molar-refractivity contribution in [1.29, 1.82) is 0 Å². The third-order valence-corrected chi connectivity index (χ3v) is 3.75. The molecule has 0 amide bonds. The highest BCUT2D eigenvalue weighted by Gasteiger charge is 2.18. The van der Waals surface area contributed by atoms with Crippen LogP contribution < -0.4 is 5.32 Å². The standard InChI is InChI=1S/C15H19N3/c1-12-10-16-8-9-18(12)11-13-6-7-17-15-5-3-2-4-14(13)15/h2-7,12,16H,8-11H2,1H3. The Morgan fingerprint density at radius 2 is 2.22 bits per heavy atom. The van der Waals surface area contributed by atoms with Gasteiger partial charge in [-0.1, -0.05) is 18.2 Å². The molecule has 0 saturated carbocycles. The zero-order valence-electron chi connectivity index (χ0n) is 10.8. The van der Waals surface area contributed by atoms with Gasteiger partial charge in [0.1, 0.15) is 0 Å². The zero-order valence-corrected chi connectivity index (χ0v) is 10.8. The van der Waals surface area contributed by atoms with Crippen LogP contribution in [0.3, 0.4) is 0 Å². The zero-order chi connectivity index (χ0) is 12.4. The second-order valence-corrected chi connectivity index (χ2v) is 5.01. The van der Waals surface area contributed by atoms with Crippen molar-refractivity contribution >= 4 is 10.9 Å². The number of fused-ring (bicyclic) bond motifs is 1. The second kappa shape index (κ2) is 5.04. The lowest BCUT2D eigenvalue weighted by atomic mass is 10.1. The molecule has 1 unspecified atom stereocenters. The molecule has 1 N–H and O–H groups in total. The summed E-state index contributed by atoms with van der Waals surface area (Å²) in [5.74, 6) is 0. The molecule has 1 saturated heterocycles. The van der Waals surface area contributed by atoms with Crippen molar-refractivity contribution in [2.24, 2.45) is 0 Å². The smallest absolute Gasteiger partial charge is 0.0705 e. The van der Waals surface area contributed by atoms with Gasteiger partial charge in [0, 0.05) is 43.8 Å². The van der Waals surface area contributed by atoms with Crippen LogP contribution in [0, 0.1) is 0 Å². The third kappa shape index (κ3) is 2.24. The van der Waals surface area contributed by atoms with Gasteiger partial charge in [-0.05, 0) is 24.6 Å². The Bertz CT molecular complexity index is 533. The Kier molecular flexibility index (Phi) is 3.26. The van der Waals surface area contributed by atoms with Crippen molar-refractivity contribution in [2.45, 2.75) is 19.5 Å². The third-order valence-electron chi connectivity index (χ3n) is 3.75. The van der Waals surface area contributed by atoms with Gasteiger partial charge in [0.15, 0.2) is 0 Å². The minimum atomic E-state index is 0.602. The van der Waals surface area contributed by atoms with Crippen LogP contribution in [0.5, 0.6) is 0 Å². The number of piperazine rings is 1. The lowest BCUT2D eigenvalue weighted by molar-refractivity contribution is 0.166. The lowest BCUT2D eigenvalue weighted by Crippen LogP contribution is -2.49. The SMILES string of the molecule is CC1CNCCN1Cc1ccnc2ccccc12. The van der Waals surface area contributed by atoms with Crippen LogP contribution in [0.15, 0.2) is 36.5 Å². The van der Waals surface area contributed by atoms with E-state index in [2.05, 4.69) is 46.4 Å². The molecule has 94 valence electrons.